The lowest BCUT2D eigenvalue weighted by atomic mass is 10.0. The molecule has 33 heavy (non-hydrogen) atoms. The van der Waals surface area contributed by atoms with E-state index in [2.05, 4.69) is 25.8 Å². The summed E-state index contributed by atoms with van der Waals surface area (Å²) in [6.07, 6.45) is 3.07. The zero-order chi connectivity index (χ0) is 23.4. The van der Waals surface area contributed by atoms with Crippen LogP contribution in [0.15, 0.2) is 60.9 Å². The van der Waals surface area contributed by atoms with Crippen molar-refractivity contribution in [3.63, 3.8) is 0 Å². The van der Waals surface area contributed by atoms with Crippen LogP contribution in [0.2, 0.25) is 0 Å². The normalized spacial score (nSPS) is 11.9. The number of aliphatic hydroxyl groups excluding tert-OH is 1. The number of benzene rings is 2. The number of nitrogens with one attached hydrogen (secondary N) is 3. The van der Waals surface area contributed by atoms with Crippen LogP contribution in [0.3, 0.4) is 0 Å². The molecule has 4 rings (SSSR count). The Labute approximate surface area is 192 Å². The maximum atomic E-state index is 10.2. The molecule has 0 saturated heterocycles. The van der Waals surface area contributed by atoms with Gasteiger partial charge in [-0.25, -0.2) is 0 Å². The van der Waals surface area contributed by atoms with Gasteiger partial charge in [0.05, 0.1) is 5.56 Å². The quantitative estimate of drug-likeness (QED) is 0.223. The van der Waals surface area contributed by atoms with E-state index in [0.717, 1.165) is 39.9 Å². The van der Waals surface area contributed by atoms with Crippen LogP contribution in [0.5, 0.6) is 5.75 Å². The van der Waals surface area contributed by atoms with Crippen LogP contribution in [0.25, 0.3) is 11.1 Å². The molecule has 0 spiro atoms. The number of aliphatic hydroxyl groups is 1. The fourth-order valence-corrected chi connectivity index (χ4v) is 3.78. The number of phenolic OH excluding ortho intramolecular Hbond substituents is 1. The van der Waals surface area contributed by atoms with Gasteiger partial charge in [-0.15, -0.1) is 0 Å². The van der Waals surface area contributed by atoms with Gasteiger partial charge in [-0.05, 0) is 59.4 Å². The Kier molecular flexibility index (Phi) is 6.58. The Hall–Kier alpha value is -3.88. The Morgan fingerprint density at radius 2 is 1.91 bits per heavy atom. The average Bonchev–Trinajstić information content (AvgIpc) is 3.23. The molecule has 0 aliphatic rings. The molecule has 7 N–H and O–H groups in total. The van der Waals surface area contributed by atoms with Crippen molar-refractivity contribution < 1.29 is 10.2 Å². The molecule has 0 radical (unpaired) electrons. The molecule has 0 aliphatic heterocycles. The lowest BCUT2D eigenvalue weighted by molar-refractivity contribution is 0.187. The van der Waals surface area contributed by atoms with Crippen molar-refractivity contribution in [1.82, 2.24) is 15.2 Å². The van der Waals surface area contributed by atoms with Gasteiger partial charge in [0.2, 0.25) is 0 Å². The Morgan fingerprint density at radius 3 is 2.58 bits per heavy atom. The van der Waals surface area contributed by atoms with Crippen LogP contribution in [0, 0.1) is 6.92 Å². The summed E-state index contributed by atoms with van der Waals surface area (Å²) in [6, 6.07) is 15.7. The molecule has 2 aromatic carbocycles. The zero-order valence-corrected chi connectivity index (χ0v) is 18.6. The maximum absolute atomic E-state index is 10.2. The van der Waals surface area contributed by atoms with Crippen molar-refractivity contribution in [1.29, 1.82) is 0 Å². The standard InChI is InChI=1S/C25H28N6O2/c1-3-17-12-16(11-15(2)22(17)32)13-28-24-21(23(26)33)25(31-30-24)29-20-8-6-18(7-9-20)19-5-4-10-27-14-19/h4-12,14,23,32-33H,3,13,26H2,1-2H3,(H3,28,29,30,31). The second kappa shape index (κ2) is 9.72. The number of aromatic hydroxyl groups is 1. The van der Waals surface area contributed by atoms with Crippen LogP contribution in [0.1, 0.15) is 35.4 Å². The van der Waals surface area contributed by atoms with Crippen molar-refractivity contribution in [3.05, 3.63) is 83.2 Å². The maximum Gasteiger partial charge on any atom is 0.157 e. The number of hydrogen-bond donors (Lipinski definition) is 6. The molecule has 0 aliphatic carbocycles. The summed E-state index contributed by atoms with van der Waals surface area (Å²) in [5.74, 6) is 1.31. The molecule has 1 atom stereocenters. The second-order valence-electron chi connectivity index (χ2n) is 7.88. The molecule has 0 saturated carbocycles. The van der Waals surface area contributed by atoms with E-state index in [4.69, 9.17) is 5.73 Å². The van der Waals surface area contributed by atoms with Crippen LogP contribution in [-0.2, 0) is 13.0 Å². The summed E-state index contributed by atoms with van der Waals surface area (Å²) in [4.78, 5) is 4.15. The number of anilines is 3. The van der Waals surface area contributed by atoms with Gasteiger partial charge in [0, 0.05) is 24.6 Å². The first-order valence-corrected chi connectivity index (χ1v) is 10.8. The van der Waals surface area contributed by atoms with Gasteiger partial charge in [0.15, 0.2) is 5.82 Å². The van der Waals surface area contributed by atoms with Gasteiger partial charge in [0.1, 0.15) is 17.8 Å². The van der Waals surface area contributed by atoms with E-state index in [1.54, 1.807) is 6.20 Å². The highest BCUT2D eigenvalue weighted by atomic mass is 16.3. The van der Waals surface area contributed by atoms with Crippen molar-refractivity contribution >= 4 is 17.3 Å². The minimum Gasteiger partial charge on any atom is -0.507 e. The van der Waals surface area contributed by atoms with Gasteiger partial charge in [-0.2, -0.15) is 5.10 Å². The second-order valence-corrected chi connectivity index (χ2v) is 7.88. The number of aromatic amines is 1. The van der Waals surface area contributed by atoms with E-state index in [0.29, 0.717) is 29.5 Å². The van der Waals surface area contributed by atoms with Crippen molar-refractivity contribution in [3.8, 4) is 16.9 Å². The fraction of sp³-hybridized carbons (Fsp3) is 0.200. The van der Waals surface area contributed by atoms with Crippen LogP contribution >= 0.6 is 0 Å². The topological polar surface area (TPSA) is 132 Å². The minimum absolute atomic E-state index is 0.333. The highest BCUT2D eigenvalue weighted by molar-refractivity contribution is 5.70. The Balaban J connectivity index is 1.51. The average molecular weight is 445 g/mol. The van der Waals surface area contributed by atoms with Gasteiger partial charge in [-0.3, -0.25) is 10.1 Å². The lowest BCUT2D eigenvalue weighted by Gasteiger charge is -2.13. The summed E-state index contributed by atoms with van der Waals surface area (Å²) < 4.78 is 0. The zero-order valence-electron chi connectivity index (χ0n) is 18.6. The Bertz CT molecular complexity index is 1220. The molecule has 8 nitrogen and oxygen atoms in total. The number of aryl methyl sites for hydroxylation is 2. The molecule has 8 heteroatoms. The fourth-order valence-electron chi connectivity index (χ4n) is 3.78. The summed E-state index contributed by atoms with van der Waals surface area (Å²) in [6.45, 7) is 4.35. The molecule has 0 amide bonds. The molecule has 2 heterocycles. The number of pyridine rings is 1. The van der Waals surface area contributed by atoms with Crippen LogP contribution in [0.4, 0.5) is 17.3 Å². The van der Waals surface area contributed by atoms with Crippen LogP contribution < -0.4 is 16.4 Å². The van der Waals surface area contributed by atoms with E-state index in [-0.39, 0.29) is 0 Å². The number of hydrogen-bond acceptors (Lipinski definition) is 7. The van der Waals surface area contributed by atoms with Crippen LogP contribution in [-0.4, -0.2) is 25.4 Å². The third-order valence-electron chi connectivity index (χ3n) is 5.53. The largest absolute Gasteiger partial charge is 0.507 e. The third kappa shape index (κ3) is 4.97. The molecule has 0 bridgehead atoms. The van der Waals surface area contributed by atoms with Crippen molar-refractivity contribution in [2.24, 2.45) is 5.73 Å². The van der Waals surface area contributed by atoms with E-state index < -0.39 is 6.23 Å². The van der Waals surface area contributed by atoms with Crippen molar-refractivity contribution in [2.75, 3.05) is 10.6 Å². The first-order chi connectivity index (χ1) is 16.0. The van der Waals surface area contributed by atoms with Gasteiger partial charge < -0.3 is 26.6 Å². The summed E-state index contributed by atoms with van der Waals surface area (Å²) in [7, 11) is 0. The van der Waals surface area contributed by atoms with Gasteiger partial charge in [-0.1, -0.05) is 37.3 Å². The minimum atomic E-state index is -1.23. The number of phenols is 1. The number of aromatic nitrogens is 3. The number of nitrogens with zero attached hydrogens (tertiary/aromatic N) is 2. The van der Waals surface area contributed by atoms with Gasteiger partial charge >= 0.3 is 0 Å². The molecule has 170 valence electrons. The first-order valence-electron chi connectivity index (χ1n) is 10.8. The first kappa shape index (κ1) is 22.3. The van der Waals surface area contributed by atoms with E-state index in [1.807, 2.05) is 68.6 Å². The molecule has 2 aromatic heterocycles. The van der Waals surface area contributed by atoms with Gasteiger partial charge in [0.25, 0.3) is 0 Å². The molecular formula is C25H28N6O2. The lowest BCUT2D eigenvalue weighted by Crippen LogP contribution is -2.13. The highest BCUT2D eigenvalue weighted by Crippen LogP contribution is 2.30. The predicted molar refractivity (Wildman–Crippen MR) is 130 cm³/mol. The SMILES string of the molecule is CCc1cc(CNc2n[nH]c(Nc3ccc(-c4cccnc4)cc3)c2C(N)O)cc(C)c1O. The molecule has 0 fully saturated rings. The molecule has 4 aromatic rings. The van der Waals surface area contributed by atoms with E-state index in [9.17, 15) is 10.2 Å². The molecule has 1 unspecified atom stereocenters. The summed E-state index contributed by atoms with van der Waals surface area (Å²) in [5.41, 5.74) is 11.9. The highest BCUT2D eigenvalue weighted by Gasteiger charge is 2.19. The number of nitrogens with two attached hydrogens (primary N) is 1. The smallest absolute Gasteiger partial charge is 0.157 e. The summed E-state index contributed by atoms with van der Waals surface area (Å²) >= 11 is 0. The Morgan fingerprint density at radius 1 is 1.12 bits per heavy atom. The summed E-state index contributed by atoms with van der Waals surface area (Å²) in [5, 5.41) is 34.0. The predicted octanol–water partition coefficient (Wildman–Crippen LogP) is 4.35. The molecular weight excluding hydrogens is 416 g/mol. The van der Waals surface area contributed by atoms with Crippen molar-refractivity contribution in [2.45, 2.75) is 33.0 Å². The number of H-pyrrole nitrogens is 1. The van der Waals surface area contributed by atoms with E-state index in [1.165, 1.54) is 0 Å². The van der Waals surface area contributed by atoms with E-state index >= 15 is 0 Å². The monoisotopic (exact) mass is 444 g/mol. The third-order valence-corrected chi connectivity index (χ3v) is 5.53. The number of rotatable bonds is 8.